The minimum atomic E-state index is 0.612. The van der Waals surface area contributed by atoms with E-state index >= 15 is 0 Å². The van der Waals surface area contributed by atoms with Crippen molar-refractivity contribution in [2.75, 3.05) is 6.61 Å². The molecular formula is C28H40O2. The van der Waals surface area contributed by atoms with Crippen LogP contribution < -0.4 is 9.47 Å². The fourth-order valence-corrected chi connectivity index (χ4v) is 4.49. The van der Waals surface area contributed by atoms with E-state index in [1.165, 1.54) is 62.5 Å². The molecule has 0 radical (unpaired) electrons. The second-order valence-corrected chi connectivity index (χ2v) is 8.92. The van der Waals surface area contributed by atoms with Crippen LogP contribution in [0.3, 0.4) is 0 Å². The monoisotopic (exact) mass is 408 g/mol. The highest BCUT2D eigenvalue weighted by atomic mass is 16.5. The van der Waals surface area contributed by atoms with E-state index in [2.05, 4.69) is 38.1 Å². The van der Waals surface area contributed by atoms with Crippen LogP contribution in [0.25, 0.3) is 0 Å². The van der Waals surface area contributed by atoms with Crippen LogP contribution in [0.1, 0.15) is 95.1 Å². The Morgan fingerprint density at radius 2 is 1.33 bits per heavy atom. The van der Waals surface area contributed by atoms with Gasteiger partial charge >= 0.3 is 0 Å². The van der Waals surface area contributed by atoms with E-state index in [1.54, 1.807) is 0 Å². The van der Waals surface area contributed by atoms with E-state index in [0.717, 1.165) is 42.8 Å². The number of hydrogen-bond acceptors (Lipinski definition) is 2. The Morgan fingerprint density at radius 1 is 0.700 bits per heavy atom. The highest BCUT2D eigenvalue weighted by Gasteiger charge is 2.21. The smallest absolute Gasteiger partial charge is 0.120 e. The third-order valence-corrected chi connectivity index (χ3v) is 6.51. The van der Waals surface area contributed by atoms with Crippen molar-refractivity contribution >= 4 is 0 Å². The SMILES string of the molecule is CCCCC[C@H]1CC[C@H](c2ccc(COc3ccc(OCCCC)cc3)cc2)CC1. The summed E-state index contributed by atoms with van der Waals surface area (Å²) in [5, 5.41) is 0. The largest absolute Gasteiger partial charge is 0.494 e. The predicted octanol–water partition coefficient (Wildman–Crippen LogP) is 8.30. The second-order valence-electron chi connectivity index (χ2n) is 8.92. The van der Waals surface area contributed by atoms with Crippen LogP contribution in [0, 0.1) is 5.92 Å². The summed E-state index contributed by atoms with van der Waals surface area (Å²) in [5.74, 6) is 3.54. The van der Waals surface area contributed by atoms with E-state index in [-0.39, 0.29) is 0 Å². The Bertz CT molecular complexity index is 696. The molecule has 1 saturated carbocycles. The number of ether oxygens (including phenoxy) is 2. The molecule has 164 valence electrons. The van der Waals surface area contributed by atoms with E-state index in [0.29, 0.717) is 6.61 Å². The molecule has 3 rings (SSSR count). The Morgan fingerprint density at radius 3 is 1.97 bits per heavy atom. The highest BCUT2D eigenvalue weighted by Crippen LogP contribution is 2.37. The van der Waals surface area contributed by atoms with Crippen molar-refractivity contribution in [3.63, 3.8) is 0 Å². The molecule has 1 fully saturated rings. The Hall–Kier alpha value is -1.96. The lowest BCUT2D eigenvalue weighted by Crippen LogP contribution is -2.13. The summed E-state index contributed by atoms with van der Waals surface area (Å²) in [5.41, 5.74) is 2.75. The van der Waals surface area contributed by atoms with Gasteiger partial charge in [-0.1, -0.05) is 70.2 Å². The fourth-order valence-electron chi connectivity index (χ4n) is 4.49. The number of hydrogen-bond donors (Lipinski definition) is 0. The maximum Gasteiger partial charge on any atom is 0.120 e. The van der Waals surface area contributed by atoms with Gasteiger partial charge in [-0.15, -0.1) is 0 Å². The first-order chi connectivity index (χ1) is 14.8. The van der Waals surface area contributed by atoms with Crippen LogP contribution in [-0.2, 0) is 6.61 Å². The van der Waals surface area contributed by atoms with E-state index in [4.69, 9.17) is 9.47 Å². The van der Waals surface area contributed by atoms with Crippen LogP contribution in [0.2, 0.25) is 0 Å². The summed E-state index contributed by atoms with van der Waals surface area (Å²) in [6.07, 6.45) is 13.4. The van der Waals surface area contributed by atoms with Crippen LogP contribution in [0.5, 0.6) is 11.5 Å². The molecule has 0 N–H and O–H groups in total. The van der Waals surface area contributed by atoms with Gasteiger partial charge in [-0.05, 0) is 79.3 Å². The van der Waals surface area contributed by atoms with Crippen LogP contribution in [0.15, 0.2) is 48.5 Å². The van der Waals surface area contributed by atoms with Crippen LogP contribution >= 0.6 is 0 Å². The molecule has 2 nitrogen and oxygen atoms in total. The normalized spacial score (nSPS) is 18.9. The molecule has 2 heteroatoms. The standard InChI is InChI=1S/C28H40O2/c1-3-5-7-8-23-9-13-25(14-10-23)26-15-11-24(12-16-26)22-30-28-19-17-27(18-20-28)29-21-6-4-2/h11-12,15-20,23,25H,3-10,13-14,21-22H2,1-2H3/t23-,25-. The average molecular weight is 409 g/mol. The maximum absolute atomic E-state index is 5.96. The van der Waals surface area contributed by atoms with Crippen molar-refractivity contribution in [2.24, 2.45) is 5.92 Å². The molecule has 0 unspecified atom stereocenters. The summed E-state index contributed by atoms with van der Waals surface area (Å²) in [4.78, 5) is 0. The first-order valence-corrected chi connectivity index (χ1v) is 12.2. The van der Waals surface area contributed by atoms with Crippen LogP contribution in [0.4, 0.5) is 0 Å². The zero-order valence-electron chi connectivity index (χ0n) is 19.1. The summed E-state index contributed by atoms with van der Waals surface area (Å²) < 4.78 is 11.7. The maximum atomic E-state index is 5.96. The molecule has 30 heavy (non-hydrogen) atoms. The zero-order valence-corrected chi connectivity index (χ0v) is 19.1. The molecule has 0 bridgehead atoms. The summed E-state index contributed by atoms with van der Waals surface area (Å²) in [6, 6.07) is 17.1. The van der Waals surface area contributed by atoms with Gasteiger partial charge in [0, 0.05) is 0 Å². The first kappa shape index (κ1) is 22.7. The lowest BCUT2D eigenvalue weighted by atomic mass is 9.77. The third-order valence-electron chi connectivity index (χ3n) is 6.51. The van der Waals surface area contributed by atoms with Crippen molar-refractivity contribution in [3.05, 3.63) is 59.7 Å². The van der Waals surface area contributed by atoms with E-state index in [1.807, 2.05) is 24.3 Å². The Kier molecular flexibility index (Phi) is 9.60. The van der Waals surface area contributed by atoms with E-state index < -0.39 is 0 Å². The van der Waals surface area contributed by atoms with Crippen LogP contribution in [-0.4, -0.2) is 6.61 Å². The summed E-state index contributed by atoms with van der Waals surface area (Å²) >= 11 is 0. The van der Waals surface area contributed by atoms with Gasteiger partial charge in [-0.2, -0.15) is 0 Å². The lowest BCUT2D eigenvalue weighted by molar-refractivity contribution is 0.298. The number of unbranched alkanes of at least 4 members (excludes halogenated alkanes) is 3. The van der Waals surface area contributed by atoms with Crippen molar-refractivity contribution in [1.29, 1.82) is 0 Å². The molecular weight excluding hydrogens is 368 g/mol. The van der Waals surface area contributed by atoms with E-state index in [9.17, 15) is 0 Å². The number of benzene rings is 2. The predicted molar refractivity (Wildman–Crippen MR) is 126 cm³/mol. The average Bonchev–Trinajstić information content (AvgIpc) is 2.80. The van der Waals surface area contributed by atoms with Gasteiger partial charge < -0.3 is 9.47 Å². The fraction of sp³-hybridized carbons (Fsp3) is 0.571. The van der Waals surface area contributed by atoms with Gasteiger partial charge in [0.15, 0.2) is 0 Å². The molecule has 0 saturated heterocycles. The molecule has 0 atom stereocenters. The van der Waals surface area contributed by atoms with Crippen molar-refractivity contribution in [2.45, 2.75) is 90.6 Å². The molecule has 0 aliphatic heterocycles. The third kappa shape index (κ3) is 7.38. The quantitative estimate of drug-likeness (QED) is 0.329. The number of rotatable bonds is 12. The molecule has 2 aromatic carbocycles. The summed E-state index contributed by atoms with van der Waals surface area (Å²) in [6.45, 7) is 5.86. The molecule has 0 aromatic heterocycles. The second kappa shape index (κ2) is 12.7. The minimum absolute atomic E-state index is 0.612. The van der Waals surface area contributed by atoms with Gasteiger partial charge in [0.1, 0.15) is 18.1 Å². The molecule has 0 spiro atoms. The lowest BCUT2D eigenvalue weighted by Gasteiger charge is -2.29. The first-order valence-electron chi connectivity index (χ1n) is 12.2. The molecule has 1 aliphatic carbocycles. The highest BCUT2D eigenvalue weighted by molar-refractivity contribution is 5.32. The zero-order chi connectivity index (χ0) is 21.0. The Labute approximate surface area is 184 Å². The van der Waals surface area contributed by atoms with Gasteiger partial charge in [0.05, 0.1) is 6.61 Å². The molecule has 0 heterocycles. The van der Waals surface area contributed by atoms with Gasteiger partial charge in [-0.3, -0.25) is 0 Å². The van der Waals surface area contributed by atoms with Gasteiger partial charge in [-0.25, -0.2) is 0 Å². The summed E-state index contributed by atoms with van der Waals surface area (Å²) in [7, 11) is 0. The van der Waals surface area contributed by atoms with Gasteiger partial charge in [0.25, 0.3) is 0 Å². The molecule has 2 aromatic rings. The molecule has 0 amide bonds. The minimum Gasteiger partial charge on any atom is -0.494 e. The van der Waals surface area contributed by atoms with Gasteiger partial charge in [0.2, 0.25) is 0 Å². The van der Waals surface area contributed by atoms with Crippen molar-refractivity contribution in [3.8, 4) is 11.5 Å². The topological polar surface area (TPSA) is 18.5 Å². The van der Waals surface area contributed by atoms with Crippen molar-refractivity contribution < 1.29 is 9.47 Å². The van der Waals surface area contributed by atoms with Crippen molar-refractivity contribution in [1.82, 2.24) is 0 Å². The molecule has 1 aliphatic rings. The Balaban J connectivity index is 1.40.